The quantitative estimate of drug-likeness (QED) is 0.534. The van der Waals surface area contributed by atoms with Crippen LogP contribution >= 0.6 is 0 Å². The van der Waals surface area contributed by atoms with Crippen molar-refractivity contribution in [3.05, 3.63) is 0 Å². The molecular formula is C24H47NO7. The molecule has 1 aliphatic heterocycles. The van der Waals surface area contributed by atoms with E-state index in [-0.39, 0.29) is 5.92 Å². The number of ether oxygens (including phenoxy) is 3. The molecule has 1 rings (SSSR count). The molecule has 1 heterocycles. The maximum atomic E-state index is 13.1. The fraction of sp³-hybridized carbons (Fsp3) is 0.958. The molecule has 0 radical (unpaired) electrons. The summed E-state index contributed by atoms with van der Waals surface area (Å²) >= 11 is 0. The van der Waals surface area contributed by atoms with Crippen LogP contribution in [-0.4, -0.2) is 94.7 Å². The monoisotopic (exact) mass is 461 g/mol. The standard InChI is InChI=1S/C24H47NO7/c1-11-13-25-16(5)20(26)24(8,29)18(12-2)32-22(27)15(4)19(30-9)14(3)21(31-10)23(7,28)17(25)6/h14-21,26,28-29H,11-13H2,1-10H3/t14-,15+,16+,17+,18+,19-,20+,21+,23?,24+/m0/s1. The van der Waals surface area contributed by atoms with Gasteiger partial charge in [-0.3, -0.25) is 9.69 Å². The highest BCUT2D eigenvalue weighted by Crippen LogP contribution is 2.36. The van der Waals surface area contributed by atoms with E-state index in [1.54, 1.807) is 20.8 Å². The Bertz CT molecular complexity index is 597. The number of carbonyl (C=O) groups is 1. The largest absolute Gasteiger partial charge is 0.459 e. The minimum Gasteiger partial charge on any atom is -0.459 e. The van der Waals surface area contributed by atoms with Crippen molar-refractivity contribution in [2.24, 2.45) is 11.8 Å². The highest BCUT2D eigenvalue weighted by molar-refractivity contribution is 5.73. The first-order chi connectivity index (χ1) is 14.7. The van der Waals surface area contributed by atoms with Gasteiger partial charge in [-0.1, -0.05) is 20.8 Å². The lowest BCUT2D eigenvalue weighted by molar-refractivity contribution is -0.194. The minimum absolute atomic E-state index is 0.337. The van der Waals surface area contributed by atoms with Gasteiger partial charge in [0, 0.05) is 32.2 Å². The van der Waals surface area contributed by atoms with E-state index in [0.29, 0.717) is 13.0 Å². The zero-order valence-electron chi connectivity index (χ0n) is 21.7. The van der Waals surface area contributed by atoms with Crippen molar-refractivity contribution >= 4 is 5.97 Å². The van der Waals surface area contributed by atoms with Crippen LogP contribution in [0.3, 0.4) is 0 Å². The number of hydrogen-bond donors (Lipinski definition) is 3. The second-order valence-corrected chi connectivity index (χ2v) is 9.89. The van der Waals surface area contributed by atoms with Crippen molar-refractivity contribution in [1.29, 1.82) is 0 Å². The number of aliphatic hydroxyl groups excluding tert-OH is 1. The summed E-state index contributed by atoms with van der Waals surface area (Å²) < 4.78 is 17.2. The van der Waals surface area contributed by atoms with E-state index in [0.717, 1.165) is 6.42 Å². The van der Waals surface area contributed by atoms with Crippen LogP contribution in [0.5, 0.6) is 0 Å². The second kappa shape index (κ2) is 11.6. The maximum absolute atomic E-state index is 13.1. The Kier molecular flexibility index (Phi) is 10.6. The van der Waals surface area contributed by atoms with Gasteiger partial charge in [0.15, 0.2) is 0 Å². The summed E-state index contributed by atoms with van der Waals surface area (Å²) in [4.78, 5) is 15.1. The van der Waals surface area contributed by atoms with E-state index in [1.165, 1.54) is 21.1 Å². The van der Waals surface area contributed by atoms with Gasteiger partial charge >= 0.3 is 5.97 Å². The molecular weight excluding hydrogens is 414 g/mol. The molecule has 0 aromatic carbocycles. The molecule has 0 aromatic rings. The molecule has 0 bridgehead atoms. The highest BCUT2D eigenvalue weighted by Gasteiger charge is 2.51. The predicted molar refractivity (Wildman–Crippen MR) is 123 cm³/mol. The highest BCUT2D eigenvalue weighted by atomic mass is 16.6. The Labute approximate surface area is 194 Å². The van der Waals surface area contributed by atoms with Crippen LogP contribution in [0.25, 0.3) is 0 Å². The first kappa shape index (κ1) is 29.3. The summed E-state index contributed by atoms with van der Waals surface area (Å²) in [5.41, 5.74) is -3.04. The molecule has 10 atom stereocenters. The number of nitrogens with zero attached hydrogens (tertiary/aromatic N) is 1. The molecule has 1 aliphatic rings. The van der Waals surface area contributed by atoms with Crippen LogP contribution in [0.15, 0.2) is 0 Å². The van der Waals surface area contributed by atoms with Crippen molar-refractivity contribution in [3.8, 4) is 0 Å². The van der Waals surface area contributed by atoms with Crippen molar-refractivity contribution in [1.82, 2.24) is 4.90 Å². The lowest BCUT2D eigenvalue weighted by Gasteiger charge is -2.49. The molecule has 8 nitrogen and oxygen atoms in total. The van der Waals surface area contributed by atoms with Gasteiger partial charge in [0.1, 0.15) is 23.4 Å². The topological polar surface area (TPSA) is 109 Å². The molecule has 32 heavy (non-hydrogen) atoms. The first-order valence-corrected chi connectivity index (χ1v) is 11.9. The number of esters is 1. The molecule has 3 N–H and O–H groups in total. The SMILES string of the molecule is CCCN1[C@H](C)[C@@H](O)[C@](C)(O)[C@@H](CC)OC(=O)[C@H](C)[C@@H](OC)[C@H](C)[C@@H](OC)C(C)(O)[C@H]1C. The first-order valence-electron chi connectivity index (χ1n) is 11.9. The van der Waals surface area contributed by atoms with Gasteiger partial charge in [-0.05, 0) is 54.0 Å². The molecule has 190 valence electrons. The average molecular weight is 462 g/mol. The molecule has 8 heteroatoms. The average Bonchev–Trinajstić information content (AvgIpc) is 2.73. The Morgan fingerprint density at radius 2 is 1.59 bits per heavy atom. The lowest BCUT2D eigenvalue weighted by atomic mass is 9.77. The summed E-state index contributed by atoms with van der Waals surface area (Å²) in [6.07, 6.45) is -2.25. The normalized spacial score (nSPS) is 45.5. The summed E-state index contributed by atoms with van der Waals surface area (Å²) in [6, 6.07) is -0.955. The predicted octanol–water partition coefficient (Wildman–Crippen LogP) is 1.98. The summed E-state index contributed by atoms with van der Waals surface area (Å²) in [5, 5.41) is 34.3. The molecule has 0 aliphatic carbocycles. The van der Waals surface area contributed by atoms with E-state index in [2.05, 4.69) is 0 Å². The molecule has 1 saturated heterocycles. The maximum Gasteiger partial charge on any atom is 0.311 e. The third-order valence-corrected chi connectivity index (χ3v) is 7.65. The third kappa shape index (κ3) is 5.65. The third-order valence-electron chi connectivity index (χ3n) is 7.65. The van der Waals surface area contributed by atoms with Gasteiger partial charge in [-0.25, -0.2) is 0 Å². The Hall–Kier alpha value is -0.770. The van der Waals surface area contributed by atoms with E-state index in [4.69, 9.17) is 14.2 Å². The van der Waals surface area contributed by atoms with Crippen molar-refractivity contribution < 1.29 is 34.3 Å². The molecule has 0 aromatic heterocycles. The fourth-order valence-corrected chi connectivity index (χ4v) is 5.47. The van der Waals surface area contributed by atoms with Crippen molar-refractivity contribution in [2.45, 2.75) is 116 Å². The smallest absolute Gasteiger partial charge is 0.311 e. The van der Waals surface area contributed by atoms with Crippen molar-refractivity contribution in [3.63, 3.8) is 0 Å². The molecule has 0 amide bonds. The van der Waals surface area contributed by atoms with Crippen LogP contribution in [-0.2, 0) is 19.0 Å². The number of aliphatic hydroxyl groups is 3. The Morgan fingerprint density at radius 1 is 1.03 bits per heavy atom. The van der Waals surface area contributed by atoms with Crippen LogP contribution in [0.4, 0.5) is 0 Å². The molecule has 0 spiro atoms. The second-order valence-electron chi connectivity index (χ2n) is 9.89. The minimum atomic E-state index is -1.69. The van der Waals surface area contributed by atoms with Crippen LogP contribution in [0.1, 0.15) is 68.2 Å². The van der Waals surface area contributed by atoms with Crippen molar-refractivity contribution in [2.75, 3.05) is 20.8 Å². The van der Waals surface area contributed by atoms with Gasteiger partial charge in [0.05, 0.1) is 18.1 Å². The van der Waals surface area contributed by atoms with Crippen LogP contribution in [0.2, 0.25) is 0 Å². The number of cyclic esters (lactones) is 1. The van der Waals surface area contributed by atoms with Crippen LogP contribution in [0, 0.1) is 11.8 Å². The van der Waals surface area contributed by atoms with Gasteiger partial charge in [0.2, 0.25) is 0 Å². The zero-order chi connectivity index (χ0) is 25.0. The van der Waals surface area contributed by atoms with E-state index in [1.807, 2.05) is 32.6 Å². The molecule has 0 saturated carbocycles. The zero-order valence-corrected chi connectivity index (χ0v) is 21.7. The van der Waals surface area contributed by atoms with Gasteiger partial charge in [0.25, 0.3) is 0 Å². The Balaban J connectivity index is 3.69. The molecule has 1 unspecified atom stereocenters. The Morgan fingerprint density at radius 3 is 2.03 bits per heavy atom. The number of rotatable bonds is 5. The number of methoxy groups -OCH3 is 2. The number of hydrogen-bond acceptors (Lipinski definition) is 8. The van der Waals surface area contributed by atoms with E-state index in [9.17, 15) is 20.1 Å². The fourth-order valence-electron chi connectivity index (χ4n) is 5.47. The molecule has 1 fully saturated rings. The van der Waals surface area contributed by atoms with E-state index >= 15 is 0 Å². The van der Waals surface area contributed by atoms with Gasteiger partial charge in [-0.15, -0.1) is 0 Å². The number of carbonyl (C=O) groups excluding carboxylic acids is 1. The summed E-state index contributed by atoms with van der Waals surface area (Å²) in [5.74, 6) is -1.55. The summed E-state index contributed by atoms with van der Waals surface area (Å²) in [7, 11) is 3.06. The van der Waals surface area contributed by atoms with Gasteiger partial charge < -0.3 is 29.5 Å². The lowest BCUT2D eigenvalue weighted by Crippen LogP contribution is -2.65. The van der Waals surface area contributed by atoms with Crippen LogP contribution < -0.4 is 0 Å². The van der Waals surface area contributed by atoms with Gasteiger partial charge in [-0.2, -0.15) is 0 Å². The summed E-state index contributed by atoms with van der Waals surface area (Å²) in [6.45, 7) is 15.0. The van der Waals surface area contributed by atoms with E-state index < -0.39 is 59.6 Å².